The molecule has 0 aliphatic rings. The van der Waals surface area contributed by atoms with Crippen LogP contribution in [0.15, 0.2) is 52.7 Å². The number of aryl methyl sites for hydroxylation is 2. The van der Waals surface area contributed by atoms with Crippen LogP contribution in [0, 0.1) is 13.8 Å². The number of thioether (sulfide) groups is 1. The summed E-state index contributed by atoms with van der Waals surface area (Å²) in [5, 5.41) is 14.4. The summed E-state index contributed by atoms with van der Waals surface area (Å²) in [5.41, 5.74) is 7.91. The van der Waals surface area contributed by atoms with E-state index in [4.69, 9.17) is 0 Å². The number of aromatic amines is 1. The van der Waals surface area contributed by atoms with Crippen LogP contribution in [-0.4, -0.2) is 47.2 Å². The highest BCUT2D eigenvalue weighted by Gasteiger charge is 2.09. The van der Waals surface area contributed by atoms with Crippen LogP contribution in [0.5, 0.6) is 0 Å². The van der Waals surface area contributed by atoms with Gasteiger partial charge in [0.2, 0.25) is 17.0 Å². The van der Waals surface area contributed by atoms with E-state index in [1.54, 1.807) is 6.21 Å². The quantitative estimate of drug-likeness (QED) is 0.291. The van der Waals surface area contributed by atoms with Gasteiger partial charge in [0.05, 0.1) is 12.0 Å². The molecule has 8 nitrogen and oxygen atoms in total. The molecule has 0 atom stereocenters. The van der Waals surface area contributed by atoms with Crippen molar-refractivity contribution in [2.45, 2.75) is 19.0 Å². The Morgan fingerprint density at radius 3 is 2.67 bits per heavy atom. The zero-order chi connectivity index (χ0) is 21.5. The predicted molar refractivity (Wildman–Crippen MR) is 124 cm³/mol. The summed E-state index contributed by atoms with van der Waals surface area (Å²) >= 11 is 1.25. The van der Waals surface area contributed by atoms with Crippen molar-refractivity contribution in [3.05, 3.63) is 59.2 Å². The Balaban J connectivity index is 1.47. The van der Waals surface area contributed by atoms with Gasteiger partial charge in [-0.3, -0.25) is 4.79 Å². The van der Waals surface area contributed by atoms with Crippen molar-refractivity contribution in [3.8, 4) is 0 Å². The van der Waals surface area contributed by atoms with Gasteiger partial charge in [0.1, 0.15) is 0 Å². The van der Waals surface area contributed by atoms with E-state index in [1.807, 2.05) is 75.3 Å². The smallest absolute Gasteiger partial charge is 0.240 e. The van der Waals surface area contributed by atoms with Gasteiger partial charge in [-0.25, -0.2) is 10.5 Å². The van der Waals surface area contributed by atoms with Gasteiger partial charge < -0.3 is 10.2 Å². The number of nitrogens with zero attached hydrogens (tertiary/aromatic N) is 4. The molecule has 1 heterocycles. The van der Waals surface area contributed by atoms with Gasteiger partial charge in [-0.2, -0.15) is 10.1 Å². The van der Waals surface area contributed by atoms with Crippen LogP contribution < -0.4 is 15.6 Å². The third kappa shape index (κ3) is 6.08. The minimum absolute atomic E-state index is 0.106. The fourth-order valence-electron chi connectivity index (χ4n) is 2.66. The number of H-pyrrole nitrogens is 1. The Hall–Kier alpha value is -3.33. The summed E-state index contributed by atoms with van der Waals surface area (Å²) < 4.78 is 0. The molecule has 3 aromatic rings. The Bertz CT molecular complexity index is 1030. The molecule has 30 heavy (non-hydrogen) atoms. The summed E-state index contributed by atoms with van der Waals surface area (Å²) in [7, 11) is 3.99. The molecule has 0 aliphatic heterocycles. The molecule has 1 amide bonds. The maximum atomic E-state index is 12.2. The summed E-state index contributed by atoms with van der Waals surface area (Å²) in [6.45, 7) is 3.99. The number of anilines is 3. The normalized spacial score (nSPS) is 10.9. The van der Waals surface area contributed by atoms with E-state index >= 15 is 0 Å². The van der Waals surface area contributed by atoms with Gasteiger partial charge >= 0.3 is 0 Å². The molecule has 0 aliphatic carbocycles. The van der Waals surface area contributed by atoms with Gasteiger partial charge in [-0.15, -0.1) is 5.10 Å². The van der Waals surface area contributed by atoms with E-state index in [1.165, 1.54) is 11.8 Å². The second kappa shape index (κ2) is 9.93. The largest absolute Gasteiger partial charge is 0.378 e. The van der Waals surface area contributed by atoms with Gasteiger partial charge in [-0.1, -0.05) is 41.6 Å². The highest BCUT2D eigenvalue weighted by molar-refractivity contribution is 7.99. The van der Waals surface area contributed by atoms with Crippen molar-refractivity contribution in [2.75, 3.05) is 35.5 Å². The van der Waals surface area contributed by atoms with Crippen molar-refractivity contribution < 1.29 is 4.79 Å². The number of carbonyl (C=O) groups is 1. The lowest BCUT2D eigenvalue weighted by Gasteiger charge is -2.11. The zero-order valence-electron chi connectivity index (χ0n) is 17.4. The molecule has 1 aromatic heterocycles. The first-order chi connectivity index (χ1) is 14.4. The van der Waals surface area contributed by atoms with Gasteiger partial charge in [-0.05, 0) is 43.2 Å². The number of nitrogens with one attached hydrogen (secondary N) is 3. The average molecular weight is 424 g/mol. The van der Waals surface area contributed by atoms with Crippen LogP contribution in [0.4, 0.5) is 17.3 Å². The van der Waals surface area contributed by atoms with Crippen molar-refractivity contribution in [2.24, 2.45) is 5.10 Å². The molecule has 3 rings (SSSR count). The van der Waals surface area contributed by atoms with E-state index in [0.717, 1.165) is 28.1 Å². The van der Waals surface area contributed by atoms with E-state index in [9.17, 15) is 4.79 Å². The molecule has 0 radical (unpaired) electrons. The molecule has 2 aromatic carbocycles. The third-order valence-corrected chi connectivity index (χ3v) is 5.09. The van der Waals surface area contributed by atoms with Gasteiger partial charge in [0.25, 0.3) is 0 Å². The standard InChI is InChI=1S/C21H25N7OS/c1-14-5-10-18(15(2)11-14)23-19(29)13-30-21-24-20(26-27-21)25-22-12-16-6-8-17(9-7-16)28(3)4/h5-12H,13H2,1-4H3,(H,23,29)(H2,24,25,26,27)/b22-12-. The Labute approximate surface area is 180 Å². The topological polar surface area (TPSA) is 98.3 Å². The summed E-state index contributed by atoms with van der Waals surface area (Å²) in [5.74, 6) is 0.519. The SMILES string of the molecule is Cc1ccc(NC(=O)CSc2n[nH]c(N/N=C\c3ccc(N(C)C)cc3)n2)c(C)c1. The third-order valence-electron chi connectivity index (χ3n) is 4.25. The molecular weight excluding hydrogens is 398 g/mol. The number of hydrazone groups is 1. The predicted octanol–water partition coefficient (Wildman–Crippen LogP) is 3.66. The Morgan fingerprint density at radius 1 is 1.20 bits per heavy atom. The lowest BCUT2D eigenvalue weighted by Crippen LogP contribution is -2.15. The van der Waals surface area contributed by atoms with Gasteiger partial charge in [0, 0.05) is 25.5 Å². The van der Waals surface area contributed by atoms with Crippen molar-refractivity contribution in [1.29, 1.82) is 0 Å². The molecule has 0 bridgehead atoms. The van der Waals surface area contributed by atoms with Crippen LogP contribution >= 0.6 is 11.8 Å². The number of rotatable bonds is 8. The number of benzene rings is 2. The van der Waals surface area contributed by atoms with Crippen LogP contribution in [0.1, 0.15) is 16.7 Å². The van der Waals surface area contributed by atoms with E-state index in [-0.39, 0.29) is 11.7 Å². The first kappa shape index (κ1) is 21.4. The highest BCUT2D eigenvalue weighted by atomic mass is 32.2. The van der Waals surface area contributed by atoms with E-state index in [2.05, 4.69) is 31.0 Å². The lowest BCUT2D eigenvalue weighted by molar-refractivity contribution is -0.113. The van der Waals surface area contributed by atoms with Crippen LogP contribution in [0.3, 0.4) is 0 Å². The van der Waals surface area contributed by atoms with Crippen LogP contribution in [0.25, 0.3) is 0 Å². The molecule has 0 saturated carbocycles. The number of carbonyl (C=O) groups excluding carboxylic acids is 1. The summed E-state index contributed by atoms with van der Waals surface area (Å²) in [6.07, 6.45) is 1.70. The first-order valence-electron chi connectivity index (χ1n) is 9.39. The van der Waals surface area contributed by atoms with Crippen molar-refractivity contribution in [1.82, 2.24) is 15.2 Å². The highest BCUT2D eigenvalue weighted by Crippen LogP contribution is 2.18. The monoisotopic (exact) mass is 423 g/mol. The van der Waals surface area contributed by atoms with Crippen LogP contribution in [0.2, 0.25) is 0 Å². The molecule has 0 spiro atoms. The second-order valence-corrected chi connectivity index (χ2v) is 7.92. The molecule has 0 fully saturated rings. The van der Waals surface area contributed by atoms with E-state index in [0.29, 0.717) is 11.1 Å². The average Bonchev–Trinajstić information content (AvgIpc) is 3.17. The molecular formula is C21H25N7OS. The van der Waals surface area contributed by atoms with Crippen molar-refractivity contribution in [3.63, 3.8) is 0 Å². The Kier molecular flexibility index (Phi) is 7.08. The number of hydrogen-bond acceptors (Lipinski definition) is 7. The maximum Gasteiger partial charge on any atom is 0.240 e. The number of aromatic nitrogens is 3. The maximum absolute atomic E-state index is 12.2. The van der Waals surface area contributed by atoms with E-state index < -0.39 is 0 Å². The molecule has 0 saturated heterocycles. The first-order valence-corrected chi connectivity index (χ1v) is 10.4. The lowest BCUT2D eigenvalue weighted by atomic mass is 10.1. The summed E-state index contributed by atoms with van der Waals surface area (Å²) in [6, 6.07) is 13.9. The second-order valence-electron chi connectivity index (χ2n) is 6.98. The minimum Gasteiger partial charge on any atom is -0.378 e. The molecule has 156 valence electrons. The minimum atomic E-state index is -0.106. The Morgan fingerprint density at radius 2 is 1.97 bits per heavy atom. The number of amides is 1. The van der Waals surface area contributed by atoms with Crippen LogP contribution in [-0.2, 0) is 4.79 Å². The van der Waals surface area contributed by atoms with Crippen molar-refractivity contribution >= 4 is 41.2 Å². The molecule has 3 N–H and O–H groups in total. The molecule has 0 unspecified atom stereocenters. The zero-order valence-corrected chi connectivity index (χ0v) is 18.2. The fourth-order valence-corrected chi connectivity index (χ4v) is 3.26. The number of hydrogen-bond donors (Lipinski definition) is 3. The van der Waals surface area contributed by atoms with Gasteiger partial charge in [0.15, 0.2) is 0 Å². The molecule has 9 heteroatoms. The fraction of sp³-hybridized carbons (Fsp3) is 0.238. The summed E-state index contributed by atoms with van der Waals surface area (Å²) in [4.78, 5) is 18.5.